The lowest BCUT2D eigenvalue weighted by Gasteiger charge is -2.19. The van der Waals surface area contributed by atoms with Crippen molar-refractivity contribution >= 4 is 5.91 Å². The van der Waals surface area contributed by atoms with Gasteiger partial charge in [0.2, 0.25) is 5.91 Å². The summed E-state index contributed by atoms with van der Waals surface area (Å²) in [5.41, 5.74) is 2.53. The van der Waals surface area contributed by atoms with Gasteiger partial charge in [-0.2, -0.15) is 0 Å². The maximum Gasteiger partial charge on any atom is 0.221 e. The van der Waals surface area contributed by atoms with Crippen LogP contribution in [0.5, 0.6) is 0 Å². The summed E-state index contributed by atoms with van der Waals surface area (Å²) in [5, 5.41) is 5.94. The molecule has 1 amide bonds. The number of hydrogen-bond donors (Lipinski definition) is 2. The van der Waals surface area contributed by atoms with E-state index in [0.29, 0.717) is 13.0 Å². The van der Waals surface area contributed by atoms with Gasteiger partial charge in [0.1, 0.15) is 0 Å². The van der Waals surface area contributed by atoms with Crippen LogP contribution in [0, 0.1) is 0 Å². The molecule has 1 aliphatic rings. The monoisotopic (exact) mass is 303 g/mol. The third kappa shape index (κ3) is 6.16. The number of nitrogens with one attached hydrogen (secondary N) is 2. The first-order chi connectivity index (χ1) is 10.8. The molecule has 2 rings (SSSR count). The van der Waals surface area contributed by atoms with Crippen LogP contribution in [0.3, 0.4) is 0 Å². The van der Waals surface area contributed by atoms with Gasteiger partial charge in [-0.15, -0.1) is 0 Å². The standard InChI is InChI=1S/C18H29N3O/c1-19-11-10-18(22)20-14-16-6-8-17(9-7-16)15-21-12-4-2-3-5-13-21/h6-9,19H,2-5,10-15H2,1H3,(H,20,22). The summed E-state index contributed by atoms with van der Waals surface area (Å²) in [6.07, 6.45) is 5.95. The summed E-state index contributed by atoms with van der Waals surface area (Å²) in [6, 6.07) is 8.65. The minimum Gasteiger partial charge on any atom is -0.352 e. The predicted molar refractivity (Wildman–Crippen MR) is 90.6 cm³/mol. The van der Waals surface area contributed by atoms with E-state index in [1.54, 1.807) is 0 Å². The highest BCUT2D eigenvalue weighted by Gasteiger charge is 2.09. The molecule has 0 aromatic heterocycles. The molecule has 4 heteroatoms. The molecule has 122 valence electrons. The highest BCUT2D eigenvalue weighted by atomic mass is 16.1. The van der Waals surface area contributed by atoms with Gasteiger partial charge in [-0.05, 0) is 44.1 Å². The Labute approximate surface area is 134 Å². The van der Waals surface area contributed by atoms with Crippen molar-refractivity contribution in [2.75, 3.05) is 26.7 Å². The van der Waals surface area contributed by atoms with Gasteiger partial charge in [0.25, 0.3) is 0 Å². The van der Waals surface area contributed by atoms with Crippen LogP contribution in [-0.4, -0.2) is 37.5 Å². The minimum absolute atomic E-state index is 0.1000. The highest BCUT2D eigenvalue weighted by molar-refractivity contribution is 5.76. The second-order valence-corrected chi connectivity index (χ2v) is 6.14. The molecule has 2 N–H and O–H groups in total. The summed E-state index contributed by atoms with van der Waals surface area (Å²) < 4.78 is 0. The third-order valence-corrected chi connectivity index (χ3v) is 4.22. The second-order valence-electron chi connectivity index (χ2n) is 6.14. The molecule has 4 nitrogen and oxygen atoms in total. The van der Waals surface area contributed by atoms with E-state index in [1.165, 1.54) is 44.3 Å². The third-order valence-electron chi connectivity index (χ3n) is 4.22. The molecule has 22 heavy (non-hydrogen) atoms. The fraction of sp³-hybridized carbons (Fsp3) is 0.611. The van der Waals surface area contributed by atoms with Crippen molar-refractivity contribution in [3.8, 4) is 0 Å². The van der Waals surface area contributed by atoms with E-state index in [2.05, 4.69) is 39.8 Å². The first kappa shape index (κ1) is 17.0. The normalized spacial score (nSPS) is 16.2. The number of carbonyl (C=O) groups excluding carboxylic acids is 1. The molecule has 0 unspecified atom stereocenters. The molecule has 1 heterocycles. The van der Waals surface area contributed by atoms with Crippen LogP contribution in [0.4, 0.5) is 0 Å². The number of amides is 1. The summed E-state index contributed by atoms with van der Waals surface area (Å²) in [6.45, 7) is 4.84. The molecule has 0 radical (unpaired) electrons. The lowest BCUT2D eigenvalue weighted by molar-refractivity contribution is -0.121. The SMILES string of the molecule is CNCCC(=O)NCc1ccc(CN2CCCCCC2)cc1. The molecule has 0 aliphatic carbocycles. The number of likely N-dealkylation sites (tertiary alicyclic amines) is 1. The Kier molecular flexibility index (Phi) is 7.40. The Balaban J connectivity index is 1.76. The van der Waals surface area contributed by atoms with Crippen LogP contribution < -0.4 is 10.6 Å². The number of nitrogens with zero attached hydrogens (tertiary/aromatic N) is 1. The molecule has 1 saturated heterocycles. The van der Waals surface area contributed by atoms with Crippen molar-refractivity contribution in [2.24, 2.45) is 0 Å². The van der Waals surface area contributed by atoms with Gasteiger partial charge in [0.05, 0.1) is 0 Å². The number of benzene rings is 1. The molecule has 1 aromatic rings. The number of carbonyl (C=O) groups is 1. The minimum atomic E-state index is 0.1000. The van der Waals surface area contributed by atoms with E-state index in [9.17, 15) is 4.79 Å². The molecule has 1 aromatic carbocycles. The Morgan fingerprint density at radius 2 is 1.68 bits per heavy atom. The molecule has 0 spiro atoms. The van der Waals surface area contributed by atoms with Crippen molar-refractivity contribution in [1.82, 2.24) is 15.5 Å². The van der Waals surface area contributed by atoms with E-state index in [-0.39, 0.29) is 5.91 Å². The Morgan fingerprint density at radius 3 is 2.32 bits per heavy atom. The Bertz CT molecular complexity index is 436. The predicted octanol–water partition coefficient (Wildman–Crippen LogP) is 2.29. The zero-order chi connectivity index (χ0) is 15.6. The summed E-state index contributed by atoms with van der Waals surface area (Å²) in [7, 11) is 1.86. The molecule has 1 aliphatic heterocycles. The first-order valence-corrected chi connectivity index (χ1v) is 8.49. The van der Waals surface area contributed by atoms with Crippen molar-refractivity contribution in [3.05, 3.63) is 35.4 Å². The molecular formula is C18H29N3O. The second kappa shape index (κ2) is 9.59. The smallest absolute Gasteiger partial charge is 0.221 e. The van der Waals surface area contributed by atoms with Gasteiger partial charge in [-0.1, -0.05) is 37.1 Å². The summed E-state index contributed by atoms with van der Waals surface area (Å²) in [4.78, 5) is 14.1. The van der Waals surface area contributed by atoms with E-state index in [4.69, 9.17) is 0 Å². The topological polar surface area (TPSA) is 44.4 Å². The quantitative estimate of drug-likeness (QED) is 0.812. The lowest BCUT2D eigenvalue weighted by Crippen LogP contribution is -2.26. The zero-order valence-corrected chi connectivity index (χ0v) is 13.7. The van der Waals surface area contributed by atoms with Gasteiger partial charge in [-0.3, -0.25) is 9.69 Å². The lowest BCUT2D eigenvalue weighted by atomic mass is 10.1. The zero-order valence-electron chi connectivity index (χ0n) is 13.7. The maximum absolute atomic E-state index is 11.6. The van der Waals surface area contributed by atoms with E-state index in [1.807, 2.05) is 7.05 Å². The van der Waals surface area contributed by atoms with Crippen LogP contribution in [-0.2, 0) is 17.9 Å². The molecule has 0 atom stereocenters. The van der Waals surface area contributed by atoms with E-state index < -0.39 is 0 Å². The van der Waals surface area contributed by atoms with Gasteiger partial charge in [0, 0.05) is 26.1 Å². The van der Waals surface area contributed by atoms with Crippen molar-refractivity contribution in [2.45, 2.75) is 45.2 Å². The molecule has 0 saturated carbocycles. The average Bonchev–Trinajstić information content (AvgIpc) is 2.81. The van der Waals surface area contributed by atoms with Crippen LogP contribution in [0.25, 0.3) is 0 Å². The molecule has 0 bridgehead atoms. The van der Waals surface area contributed by atoms with Crippen LogP contribution in [0.1, 0.15) is 43.2 Å². The average molecular weight is 303 g/mol. The fourth-order valence-corrected chi connectivity index (χ4v) is 2.84. The van der Waals surface area contributed by atoms with Crippen molar-refractivity contribution < 1.29 is 4.79 Å². The van der Waals surface area contributed by atoms with Gasteiger partial charge < -0.3 is 10.6 Å². The first-order valence-electron chi connectivity index (χ1n) is 8.49. The van der Waals surface area contributed by atoms with Crippen LogP contribution in [0.15, 0.2) is 24.3 Å². The van der Waals surface area contributed by atoms with E-state index >= 15 is 0 Å². The molecule has 1 fully saturated rings. The van der Waals surface area contributed by atoms with Gasteiger partial charge in [0.15, 0.2) is 0 Å². The Morgan fingerprint density at radius 1 is 1.05 bits per heavy atom. The van der Waals surface area contributed by atoms with Crippen molar-refractivity contribution in [3.63, 3.8) is 0 Å². The van der Waals surface area contributed by atoms with Gasteiger partial charge >= 0.3 is 0 Å². The highest BCUT2D eigenvalue weighted by Crippen LogP contribution is 2.13. The fourth-order valence-electron chi connectivity index (χ4n) is 2.84. The largest absolute Gasteiger partial charge is 0.352 e. The summed E-state index contributed by atoms with van der Waals surface area (Å²) >= 11 is 0. The number of hydrogen-bond acceptors (Lipinski definition) is 3. The van der Waals surface area contributed by atoms with Crippen LogP contribution in [0.2, 0.25) is 0 Å². The van der Waals surface area contributed by atoms with Gasteiger partial charge in [-0.25, -0.2) is 0 Å². The molecular weight excluding hydrogens is 274 g/mol. The van der Waals surface area contributed by atoms with Crippen LogP contribution >= 0.6 is 0 Å². The summed E-state index contributed by atoms with van der Waals surface area (Å²) in [5.74, 6) is 0.1000. The van der Waals surface area contributed by atoms with Crippen molar-refractivity contribution in [1.29, 1.82) is 0 Å². The van der Waals surface area contributed by atoms with E-state index in [0.717, 1.165) is 18.7 Å². The number of rotatable bonds is 7. The Hall–Kier alpha value is -1.39. The maximum atomic E-state index is 11.6.